The Bertz CT molecular complexity index is 618. The van der Waals surface area contributed by atoms with E-state index in [1.807, 2.05) is 0 Å². The van der Waals surface area contributed by atoms with Crippen LogP contribution in [0, 0.1) is 15.9 Å². The Kier molecular flexibility index (Phi) is 3.58. The zero-order chi connectivity index (χ0) is 13.8. The van der Waals surface area contributed by atoms with Crippen LogP contribution in [0.3, 0.4) is 0 Å². The molecular formula is C12H11FN4O2. The number of halogens is 1. The molecule has 7 heteroatoms. The van der Waals surface area contributed by atoms with Crippen LogP contribution in [0.5, 0.6) is 0 Å². The molecule has 98 valence electrons. The Balaban J connectivity index is 2.46. The average molecular weight is 262 g/mol. The minimum atomic E-state index is -0.585. The summed E-state index contributed by atoms with van der Waals surface area (Å²) >= 11 is 0. The van der Waals surface area contributed by atoms with Gasteiger partial charge in [0, 0.05) is 0 Å². The molecule has 19 heavy (non-hydrogen) atoms. The van der Waals surface area contributed by atoms with E-state index in [0.717, 1.165) is 0 Å². The number of hydrazine groups is 1. The molecule has 0 saturated heterocycles. The Morgan fingerprint density at radius 3 is 2.32 bits per heavy atom. The van der Waals surface area contributed by atoms with E-state index in [4.69, 9.17) is 5.84 Å². The van der Waals surface area contributed by atoms with E-state index in [0.29, 0.717) is 0 Å². The predicted octanol–water partition coefficient (Wildman–Crippen LogP) is 2.76. The van der Waals surface area contributed by atoms with Crippen LogP contribution in [-0.4, -0.2) is 4.92 Å². The van der Waals surface area contributed by atoms with Gasteiger partial charge < -0.3 is 10.7 Å². The van der Waals surface area contributed by atoms with Crippen LogP contribution < -0.4 is 16.6 Å². The molecule has 0 amide bonds. The van der Waals surface area contributed by atoms with Gasteiger partial charge in [0.05, 0.1) is 10.6 Å². The van der Waals surface area contributed by atoms with Gasteiger partial charge in [-0.15, -0.1) is 0 Å². The summed E-state index contributed by atoms with van der Waals surface area (Å²) in [6.07, 6.45) is 0. The average Bonchev–Trinajstić information content (AvgIpc) is 2.40. The Morgan fingerprint density at radius 1 is 1.05 bits per heavy atom. The first-order valence-corrected chi connectivity index (χ1v) is 5.39. The molecule has 0 aromatic heterocycles. The number of hydrogen-bond donors (Lipinski definition) is 3. The van der Waals surface area contributed by atoms with Gasteiger partial charge in [-0.05, 0) is 24.3 Å². The lowest BCUT2D eigenvalue weighted by molar-refractivity contribution is -0.383. The van der Waals surface area contributed by atoms with Gasteiger partial charge in [-0.1, -0.05) is 18.2 Å². The molecule has 6 nitrogen and oxygen atoms in total. The second-order valence-corrected chi connectivity index (χ2v) is 3.71. The number of nitro benzene ring substituents is 1. The SMILES string of the molecule is NNc1cccc(Nc2ccccc2F)c1[N+](=O)[O-]. The van der Waals surface area contributed by atoms with Crippen molar-refractivity contribution in [2.75, 3.05) is 10.7 Å². The summed E-state index contributed by atoms with van der Waals surface area (Å²) in [7, 11) is 0. The molecular weight excluding hydrogens is 251 g/mol. The summed E-state index contributed by atoms with van der Waals surface area (Å²) in [6, 6.07) is 10.4. The number of nitro groups is 1. The van der Waals surface area contributed by atoms with Crippen LogP contribution >= 0.6 is 0 Å². The number of para-hydroxylation sites is 2. The fourth-order valence-electron chi connectivity index (χ4n) is 1.67. The van der Waals surface area contributed by atoms with Crippen molar-refractivity contribution in [3.63, 3.8) is 0 Å². The molecule has 0 aliphatic carbocycles. The van der Waals surface area contributed by atoms with Gasteiger partial charge in [-0.3, -0.25) is 16.0 Å². The number of benzene rings is 2. The number of nitrogens with one attached hydrogen (secondary N) is 2. The number of nitrogen functional groups attached to an aromatic ring is 1. The smallest absolute Gasteiger partial charge is 0.316 e. The van der Waals surface area contributed by atoms with E-state index >= 15 is 0 Å². The number of rotatable bonds is 4. The fraction of sp³-hybridized carbons (Fsp3) is 0. The quantitative estimate of drug-likeness (QED) is 0.447. The second-order valence-electron chi connectivity index (χ2n) is 3.71. The molecule has 0 atom stereocenters. The highest BCUT2D eigenvalue weighted by atomic mass is 19.1. The van der Waals surface area contributed by atoms with E-state index < -0.39 is 10.7 Å². The zero-order valence-corrected chi connectivity index (χ0v) is 9.76. The fourth-order valence-corrected chi connectivity index (χ4v) is 1.67. The van der Waals surface area contributed by atoms with E-state index in [2.05, 4.69) is 10.7 Å². The first-order chi connectivity index (χ1) is 9.13. The van der Waals surface area contributed by atoms with Gasteiger partial charge in [0.2, 0.25) is 0 Å². The lowest BCUT2D eigenvalue weighted by Crippen LogP contribution is -2.10. The normalized spacial score (nSPS) is 10.0. The number of hydrogen-bond acceptors (Lipinski definition) is 5. The molecule has 0 saturated carbocycles. The lowest BCUT2D eigenvalue weighted by Gasteiger charge is -2.10. The highest BCUT2D eigenvalue weighted by Crippen LogP contribution is 2.34. The van der Waals surface area contributed by atoms with Crippen molar-refractivity contribution in [3.8, 4) is 0 Å². The maximum absolute atomic E-state index is 13.5. The molecule has 2 aromatic rings. The van der Waals surface area contributed by atoms with Crippen LogP contribution in [0.2, 0.25) is 0 Å². The first-order valence-electron chi connectivity index (χ1n) is 5.39. The minimum absolute atomic E-state index is 0.145. The van der Waals surface area contributed by atoms with Gasteiger partial charge in [-0.25, -0.2) is 4.39 Å². The van der Waals surface area contributed by atoms with Gasteiger partial charge >= 0.3 is 5.69 Å². The van der Waals surface area contributed by atoms with E-state index in [1.54, 1.807) is 12.1 Å². The summed E-state index contributed by atoms with van der Waals surface area (Å²) in [4.78, 5) is 10.5. The number of anilines is 3. The molecule has 0 unspecified atom stereocenters. The first kappa shape index (κ1) is 12.8. The van der Waals surface area contributed by atoms with Crippen molar-refractivity contribution in [3.05, 3.63) is 58.4 Å². The van der Waals surface area contributed by atoms with Crippen molar-refractivity contribution in [1.82, 2.24) is 0 Å². The molecule has 4 N–H and O–H groups in total. The summed E-state index contributed by atoms with van der Waals surface area (Å²) in [6.45, 7) is 0. The third kappa shape index (κ3) is 2.61. The maximum atomic E-state index is 13.5. The van der Waals surface area contributed by atoms with Crippen molar-refractivity contribution in [2.45, 2.75) is 0 Å². The third-order valence-corrected chi connectivity index (χ3v) is 2.52. The predicted molar refractivity (Wildman–Crippen MR) is 70.6 cm³/mol. The largest absolute Gasteiger partial charge is 0.347 e. The maximum Gasteiger partial charge on any atom is 0.316 e. The van der Waals surface area contributed by atoms with Crippen LogP contribution in [0.4, 0.5) is 27.1 Å². The van der Waals surface area contributed by atoms with Crippen LogP contribution in [0.1, 0.15) is 0 Å². The van der Waals surface area contributed by atoms with Gasteiger partial charge in [0.25, 0.3) is 0 Å². The number of nitrogens with zero attached hydrogens (tertiary/aromatic N) is 1. The minimum Gasteiger partial charge on any atom is -0.347 e. The lowest BCUT2D eigenvalue weighted by atomic mass is 10.2. The molecule has 0 bridgehead atoms. The van der Waals surface area contributed by atoms with Crippen LogP contribution in [-0.2, 0) is 0 Å². The second kappa shape index (κ2) is 5.32. The van der Waals surface area contributed by atoms with Gasteiger partial charge in [0.1, 0.15) is 17.2 Å². The van der Waals surface area contributed by atoms with E-state index in [9.17, 15) is 14.5 Å². The summed E-state index contributed by atoms with van der Waals surface area (Å²) in [5, 5.41) is 13.7. The number of nitrogens with two attached hydrogens (primary N) is 1. The molecule has 2 rings (SSSR count). The molecule has 0 radical (unpaired) electrons. The highest BCUT2D eigenvalue weighted by Gasteiger charge is 2.19. The topological polar surface area (TPSA) is 93.2 Å². The summed E-state index contributed by atoms with van der Waals surface area (Å²) < 4.78 is 13.5. The van der Waals surface area contributed by atoms with E-state index in [1.165, 1.54) is 30.3 Å². The van der Waals surface area contributed by atoms with Crippen molar-refractivity contribution < 1.29 is 9.31 Å². The molecule has 2 aromatic carbocycles. The summed E-state index contributed by atoms with van der Waals surface area (Å²) in [5.74, 6) is 4.73. The zero-order valence-electron chi connectivity index (χ0n) is 9.76. The molecule has 0 fully saturated rings. The van der Waals surface area contributed by atoms with Crippen molar-refractivity contribution >= 4 is 22.7 Å². The standard InChI is InChI=1S/C12H11FN4O2/c13-8-4-1-2-5-9(8)15-10-6-3-7-11(16-14)12(10)17(18)19/h1-7,15-16H,14H2. The van der Waals surface area contributed by atoms with Crippen LogP contribution in [0.15, 0.2) is 42.5 Å². The Morgan fingerprint density at radius 2 is 1.68 bits per heavy atom. The third-order valence-electron chi connectivity index (χ3n) is 2.52. The van der Waals surface area contributed by atoms with E-state index in [-0.39, 0.29) is 22.7 Å². The van der Waals surface area contributed by atoms with Crippen molar-refractivity contribution in [1.29, 1.82) is 0 Å². The Hall–Kier alpha value is -2.67. The molecule has 0 heterocycles. The molecule has 0 spiro atoms. The van der Waals surface area contributed by atoms with Crippen LogP contribution in [0.25, 0.3) is 0 Å². The molecule has 0 aliphatic heterocycles. The van der Waals surface area contributed by atoms with Gasteiger partial charge in [-0.2, -0.15) is 0 Å². The van der Waals surface area contributed by atoms with Crippen molar-refractivity contribution in [2.24, 2.45) is 5.84 Å². The summed E-state index contributed by atoms with van der Waals surface area (Å²) in [5.41, 5.74) is 2.46. The van der Waals surface area contributed by atoms with Gasteiger partial charge in [0.15, 0.2) is 0 Å². The Labute approximate surface area is 108 Å². The molecule has 0 aliphatic rings. The highest BCUT2D eigenvalue weighted by molar-refractivity contribution is 5.79. The monoisotopic (exact) mass is 262 g/mol.